The van der Waals surface area contributed by atoms with Crippen molar-refractivity contribution in [1.82, 2.24) is 0 Å². The Bertz CT molecular complexity index is 1030. The van der Waals surface area contributed by atoms with Crippen LogP contribution >= 0.6 is 11.6 Å². The lowest BCUT2D eigenvalue weighted by molar-refractivity contribution is -0.122. The number of ketones is 1. The van der Waals surface area contributed by atoms with Crippen LogP contribution in [-0.2, 0) is 14.3 Å². The molecule has 2 amide bonds. The van der Waals surface area contributed by atoms with Crippen LogP contribution in [0.15, 0.2) is 60.7 Å². The largest absolute Gasteiger partial charge is 0.454 e. The van der Waals surface area contributed by atoms with Crippen molar-refractivity contribution in [2.75, 3.05) is 11.5 Å². The number of fused-ring (bicyclic) bond motifs is 1. The SMILES string of the molecule is O=C(COC(=O)c1ccccc1N1C(=O)[C@@H]2CC=CC[C@H]2C1=O)c1ccc(Cl)cc1. The number of nitrogens with zero attached hydrogens (tertiary/aromatic N) is 1. The molecule has 6 nitrogen and oxygen atoms in total. The molecule has 7 heteroatoms. The molecule has 2 atom stereocenters. The molecule has 1 saturated heterocycles. The zero-order chi connectivity index (χ0) is 21.3. The van der Waals surface area contributed by atoms with Crippen molar-refractivity contribution in [3.05, 3.63) is 76.8 Å². The van der Waals surface area contributed by atoms with Gasteiger partial charge in [0.05, 0.1) is 23.1 Å². The van der Waals surface area contributed by atoms with Gasteiger partial charge < -0.3 is 4.74 Å². The molecule has 0 N–H and O–H groups in total. The monoisotopic (exact) mass is 423 g/mol. The van der Waals surface area contributed by atoms with Gasteiger partial charge in [-0.15, -0.1) is 0 Å². The summed E-state index contributed by atoms with van der Waals surface area (Å²) in [6.45, 7) is -0.466. The van der Waals surface area contributed by atoms with Gasteiger partial charge >= 0.3 is 5.97 Å². The lowest BCUT2D eigenvalue weighted by Gasteiger charge is -2.18. The number of hydrogen-bond acceptors (Lipinski definition) is 5. The molecule has 0 unspecified atom stereocenters. The number of imide groups is 1. The summed E-state index contributed by atoms with van der Waals surface area (Å²) in [6, 6.07) is 12.5. The molecule has 0 radical (unpaired) electrons. The summed E-state index contributed by atoms with van der Waals surface area (Å²) >= 11 is 5.81. The van der Waals surface area contributed by atoms with Crippen LogP contribution in [-0.4, -0.2) is 30.2 Å². The Labute approximate surface area is 178 Å². The minimum Gasteiger partial charge on any atom is -0.454 e. The van der Waals surface area contributed by atoms with Crippen LogP contribution in [0, 0.1) is 11.8 Å². The normalized spacial score (nSPS) is 20.2. The Morgan fingerprint density at radius 1 is 0.933 bits per heavy atom. The molecule has 2 aliphatic rings. The second-order valence-corrected chi connectivity index (χ2v) is 7.63. The van der Waals surface area contributed by atoms with Crippen LogP contribution in [0.5, 0.6) is 0 Å². The number of para-hydroxylation sites is 1. The van der Waals surface area contributed by atoms with E-state index in [-0.39, 0.29) is 28.8 Å². The predicted octanol–water partition coefficient (Wildman–Crippen LogP) is 3.84. The van der Waals surface area contributed by atoms with E-state index in [0.717, 1.165) is 4.90 Å². The number of allylic oxidation sites excluding steroid dienone is 2. The number of esters is 1. The van der Waals surface area contributed by atoms with Crippen LogP contribution in [0.1, 0.15) is 33.6 Å². The van der Waals surface area contributed by atoms with Gasteiger partial charge in [-0.05, 0) is 49.2 Å². The number of rotatable bonds is 5. The number of ether oxygens (including phenoxy) is 1. The second kappa shape index (κ2) is 8.24. The number of benzene rings is 2. The van der Waals surface area contributed by atoms with Gasteiger partial charge in [-0.25, -0.2) is 9.69 Å². The minimum absolute atomic E-state index is 0.0645. The van der Waals surface area contributed by atoms with E-state index >= 15 is 0 Å². The molecular weight excluding hydrogens is 406 g/mol. The number of anilines is 1. The first-order chi connectivity index (χ1) is 14.5. The number of amides is 2. The van der Waals surface area contributed by atoms with Gasteiger partial charge in [0.1, 0.15) is 0 Å². The van der Waals surface area contributed by atoms with Crippen molar-refractivity contribution >= 4 is 40.9 Å². The first-order valence-corrected chi connectivity index (χ1v) is 9.93. The molecule has 1 aliphatic carbocycles. The molecule has 1 heterocycles. The fourth-order valence-corrected chi connectivity index (χ4v) is 3.93. The van der Waals surface area contributed by atoms with E-state index in [0.29, 0.717) is 23.4 Å². The molecule has 1 fully saturated rings. The molecule has 152 valence electrons. The van der Waals surface area contributed by atoms with Crippen molar-refractivity contribution in [3.8, 4) is 0 Å². The average molecular weight is 424 g/mol. The summed E-state index contributed by atoms with van der Waals surface area (Å²) in [5.74, 6) is -2.60. The number of hydrogen-bond donors (Lipinski definition) is 0. The number of Topliss-reactive ketones (excluding diaryl/α,β-unsaturated/α-hetero) is 1. The van der Waals surface area contributed by atoms with Crippen LogP contribution in [0.4, 0.5) is 5.69 Å². The van der Waals surface area contributed by atoms with Crippen LogP contribution in [0.3, 0.4) is 0 Å². The van der Waals surface area contributed by atoms with E-state index in [4.69, 9.17) is 16.3 Å². The van der Waals surface area contributed by atoms with E-state index in [2.05, 4.69) is 0 Å². The minimum atomic E-state index is -0.776. The van der Waals surface area contributed by atoms with E-state index in [1.807, 2.05) is 12.2 Å². The number of carbonyl (C=O) groups is 4. The molecule has 0 bridgehead atoms. The fraction of sp³-hybridized carbons (Fsp3) is 0.217. The molecule has 4 rings (SSSR count). The smallest absolute Gasteiger partial charge is 0.340 e. The summed E-state index contributed by atoms with van der Waals surface area (Å²) in [5.41, 5.74) is 0.613. The quantitative estimate of drug-likeness (QED) is 0.316. The standard InChI is InChI=1S/C23H18ClNO5/c24-15-11-9-14(10-12-15)20(26)13-30-23(29)18-7-3-4-8-19(18)25-21(27)16-5-1-2-6-17(16)22(25)28/h1-4,7-12,16-17H,5-6,13H2/t16-,17-/m1/s1. The molecule has 0 saturated carbocycles. The Kier molecular flexibility index (Phi) is 5.50. The van der Waals surface area contributed by atoms with Crippen LogP contribution in [0.25, 0.3) is 0 Å². The summed E-state index contributed by atoms with van der Waals surface area (Å²) in [5, 5.41) is 0.494. The highest BCUT2D eigenvalue weighted by atomic mass is 35.5. The van der Waals surface area contributed by atoms with Gasteiger partial charge in [-0.2, -0.15) is 0 Å². The lowest BCUT2D eigenvalue weighted by atomic mass is 9.85. The van der Waals surface area contributed by atoms with E-state index in [1.54, 1.807) is 36.4 Å². The predicted molar refractivity (Wildman–Crippen MR) is 110 cm³/mol. The highest BCUT2D eigenvalue weighted by Crippen LogP contribution is 2.38. The summed E-state index contributed by atoms with van der Waals surface area (Å²) < 4.78 is 5.18. The van der Waals surface area contributed by atoms with Crippen molar-refractivity contribution < 1.29 is 23.9 Å². The van der Waals surface area contributed by atoms with E-state index in [9.17, 15) is 19.2 Å². The molecule has 30 heavy (non-hydrogen) atoms. The van der Waals surface area contributed by atoms with Gasteiger partial charge in [0.2, 0.25) is 11.8 Å². The van der Waals surface area contributed by atoms with E-state index < -0.39 is 24.4 Å². The van der Waals surface area contributed by atoms with Gasteiger partial charge in [0, 0.05) is 10.6 Å². The van der Waals surface area contributed by atoms with Crippen LogP contribution in [0.2, 0.25) is 5.02 Å². The number of carbonyl (C=O) groups excluding carboxylic acids is 4. The van der Waals surface area contributed by atoms with Crippen molar-refractivity contribution in [3.63, 3.8) is 0 Å². The average Bonchev–Trinajstić information content (AvgIpc) is 3.02. The third kappa shape index (κ3) is 3.66. The molecule has 2 aromatic carbocycles. The van der Waals surface area contributed by atoms with Gasteiger partial charge in [0.15, 0.2) is 12.4 Å². The van der Waals surface area contributed by atoms with Crippen molar-refractivity contribution in [2.45, 2.75) is 12.8 Å². The summed E-state index contributed by atoms with van der Waals surface area (Å²) in [7, 11) is 0. The lowest BCUT2D eigenvalue weighted by Crippen LogP contribution is -2.32. The summed E-state index contributed by atoms with van der Waals surface area (Å²) in [6.07, 6.45) is 4.82. The Morgan fingerprint density at radius 2 is 1.53 bits per heavy atom. The molecule has 0 aromatic heterocycles. The Morgan fingerprint density at radius 3 is 2.17 bits per heavy atom. The maximum atomic E-state index is 12.9. The van der Waals surface area contributed by atoms with Crippen molar-refractivity contribution in [1.29, 1.82) is 0 Å². The molecule has 2 aromatic rings. The van der Waals surface area contributed by atoms with Crippen LogP contribution < -0.4 is 4.90 Å². The number of halogens is 1. The van der Waals surface area contributed by atoms with Gasteiger partial charge in [-0.3, -0.25) is 14.4 Å². The Balaban J connectivity index is 1.52. The molecular formula is C23H18ClNO5. The zero-order valence-corrected chi connectivity index (χ0v) is 16.7. The third-order valence-corrected chi connectivity index (χ3v) is 5.62. The van der Waals surface area contributed by atoms with Gasteiger partial charge in [-0.1, -0.05) is 35.9 Å². The zero-order valence-electron chi connectivity index (χ0n) is 15.9. The molecule has 0 spiro atoms. The van der Waals surface area contributed by atoms with Gasteiger partial charge in [0.25, 0.3) is 0 Å². The van der Waals surface area contributed by atoms with E-state index in [1.165, 1.54) is 12.1 Å². The maximum Gasteiger partial charge on any atom is 0.340 e. The second-order valence-electron chi connectivity index (χ2n) is 7.19. The Hall–Kier alpha value is -3.25. The first-order valence-electron chi connectivity index (χ1n) is 9.55. The maximum absolute atomic E-state index is 12.9. The molecule has 1 aliphatic heterocycles. The first kappa shape index (κ1) is 20.0. The topological polar surface area (TPSA) is 80.8 Å². The third-order valence-electron chi connectivity index (χ3n) is 5.37. The fourth-order valence-electron chi connectivity index (χ4n) is 3.81. The highest BCUT2D eigenvalue weighted by Gasteiger charge is 2.48. The summed E-state index contributed by atoms with van der Waals surface area (Å²) in [4.78, 5) is 51.7. The van der Waals surface area contributed by atoms with Crippen molar-refractivity contribution in [2.24, 2.45) is 11.8 Å². The highest BCUT2D eigenvalue weighted by molar-refractivity contribution is 6.30.